The highest BCUT2D eigenvalue weighted by Gasteiger charge is 2.11. The van der Waals surface area contributed by atoms with E-state index in [-0.39, 0.29) is 5.75 Å². The molecule has 0 amide bonds. The van der Waals surface area contributed by atoms with Gasteiger partial charge in [0.25, 0.3) is 0 Å². The maximum Gasteiger partial charge on any atom is 0.146 e. The topological polar surface area (TPSA) is 46.2 Å². The Morgan fingerprint density at radius 2 is 2.08 bits per heavy atom. The molecule has 2 rings (SSSR count). The third-order valence-corrected chi connectivity index (χ3v) is 2.38. The number of hydrogen-bond acceptors (Lipinski definition) is 2. The first kappa shape index (κ1) is 7.47. The molecule has 0 aliphatic heterocycles. The fraction of sp³-hybridized carbons (Fsp3) is 0.400. The fourth-order valence-electron chi connectivity index (χ4n) is 1.70. The summed E-state index contributed by atoms with van der Waals surface area (Å²) in [6, 6.07) is 4.80. The average molecular weight is 162 g/mol. The van der Waals surface area contributed by atoms with Crippen molar-refractivity contribution in [2.75, 3.05) is 5.73 Å². The number of nitrogens with two attached hydrogens (primary N) is 1. The highest BCUT2D eigenvalue weighted by atomic mass is 16.3. The molecule has 0 heterocycles. The molecule has 2 heteroatoms. The molecule has 0 atom stereocenters. The first-order valence-electron chi connectivity index (χ1n) is 4.30. The van der Waals surface area contributed by atoms with E-state index in [1.54, 1.807) is 0 Å². The lowest BCUT2D eigenvalue weighted by Gasteiger charge is -2.15. The van der Waals surface area contributed by atoms with Crippen molar-refractivity contribution in [1.29, 1.82) is 0 Å². The molecule has 3 N–H and O–H groups in total. The minimum absolute atomic E-state index is 0.107. The van der Waals surface area contributed by atoms with Crippen LogP contribution in [-0.2, 0) is 12.8 Å². The number of nitrogen functional groups attached to an aromatic ring is 1. The Bertz CT molecular complexity index is 276. The highest BCUT2D eigenvalue weighted by Crippen LogP contribution is 2.28. The average Bonchev–Trinajstić information content (AvgIpc) is 2.07. The molecule has 0 fully saturated rings. The second-order valence-electron chi connectivity index (χ2n) is 3.28. The highest BCUT2D eigenvalue weighted by molar-refractivity contribution is 5.55. The zero-order chi connectivity index (χ0) is 8.55. The van der Waals surface area contributed by atoms with Crippen molar-refractivity contribution in [3.63, 3.8) is 0 Å². The summed E-state index contributed by atoms with van der Waals surface area (Å²) in [7, 11) is 0. The lowest BCUT2D eigenvalue weighted by atomic mass is 9.91. The zero-order valence-electron chi connectivity index (χ0n) is 6.93. The first-order valence-corrected chi connectivity index (χ1v) is 4.30. The van der Waals surface area contributed by atoms with E-state index in [4.69, 9.17) is 5.73 Å². The summed E-state index contributed by atoms with van der Waals surface area (Å²) >= 11 is 0. The minimum Gasteiger partial charge on any atom is -0.505 e. The predicted molar refractivity (Wildman–Crippen MR) is 48.0 cm³/mol. The zero-order valence-corrected chi connectivity index (χ0v) is 6.93. The third-order valence-electron chi connectivity index (χ3n) is 2.38. The van der Waals surface area contributed by atoms with Crippen LogP contribution in [0, 0.1) is 6.07 Å². The number of fused-ring (bicyclic) bond motifs is 1. The van der Waals surface area contributed by atoms with E-state index in [1.807, 2.05) is 6.07 Å². The van der Waals surface area contributed by atoms with Crippen LogP contribution in [0.1, 0.15) is 24.0 Å². The molecule has 0 unspecified atom stereocenters. The second-order valence-corrected chi connectivity index (χ2v) is 3.28. The van der Waals surface area contributed by atoms with E-state index in [1.165, 1.54) is 18.4 Å². The van der Waals surface area contributed by atoms with Gasteiger partial charge in [0.05, 0.1) is 5.69 Å². The second kappa shape index (κ2) is 2.70. The Morgan fingerprint density at radius 1 is 1.33 bits per heavy atom. The molecule has 1 aliphatic carbocycles. The van der Waals surface area contributed by atoms with Crippen molar-refractivity contribution in [2.24, 2.45) is 0 Å². The Kier molecular flexibility index (Phi) is 1.68. The maximum atomic E-state index is 9.29. The van der Waals surface area contributed by atoms with Crippen LogP contribution in [0.25, 0.3) is 0 Å². The van der Waals surface area contributed by atoms with Crippen LogP contribution in [0.15, 0.2) is 6.07 Å². The lowest BCUT2D eigenvalue weighted by molar-refractivity contribution is 0.474. The van der Waals surface area contributed by atoms with Crippen LogP contribution in [0.2, 0.25) is 0 Å². The smallest absolute Gasteiger partial charge is 0.146 e. The van der Waals surface area contributed by atoms with Gasteiger partial charge < -0.3 is 10.8 Å². The minimum atomic E-state index is 0.107. The van der Waals surface area contributed by atoms with Gasteiger partial charge in [0.2, 0.25) is 0 Å². The van der Waals surface area contributed by atoms with Crippen molar-refractivity contribution in [3.8, 4) is 5.75 Å². The van der Waals surface area contributed by atoms with Gasteiger partial charge in [0, 0.05) is 6.07 Å². The summed E-state index contributed by atoms with van der Waals surface area (Å²) in [5.41, 5.74) is 8.42. The number of aryl methyl sites for hydroxylation is 2. The molecule has 0 saturated carbocycles. The molecule has 1 aliphatic rings. The maximum absolute atomic E-state index is 9.29. The number of benzene rings is 1. The quantitative estimate of drug-likeness (QED) is 0.450. The molecule has 0 saturated heterocycles. The molecule has 1 aromatic rings. The summed E-state index contributed by atoms with van der Waals surface area (Å²) in [5, 5.41) is 9.29. The fourth-order valence-corrected chi connectivity index (χ4v) is 1.70. The van der Waals surface area contributed by atoms with Crippen LogP contribution in [0.3, 0.4) is 0 Å². The van der Waals surface area contributed by atoms with Gasteiger partial charge in [0.1, 0.15) is 5.75 Å². The Labute approximate surface area is 72.0 Å². The van der Waals surface area contributed by atoms with Gasteiger partial charge >= 0.3 is 0 Å². The standard InChI is InChI=1S/C10H12NO/c11-9-5-7-3-1-2-4-8(7)6-10(9)12/h5,12H,1-4,11H2. The van der Waals surface area contributed by atoms with Crippen molar-refractivity contribution in [2.45, 2.75) is 25.7 Å². The van der Waals surface area contributed by atoms with Crippen LogP contribution in [-0.4, -0.2) is 5.11 Å². The van der Waals surface area contributed by atoms with Gasteiger partial charge in [0.15, 0.2) is 0 Å². The Morgan fingerprint density at radius 3 is 2.92 bits per heavy atom. The number of anilines is 1. The van der Waals surface area contributed by atoms with E-state index >= 15 is 0 Å². The van der Waals surface area contributed by atoms with Gasteiger partial charge in [-0.3, -0.25) is 0 Å². The van der Waals surface area contributed by atoms with Gasteiger partial charge in [-0.15, -0.1) is 0 Å². The van der Waals surface area contributed by atoms with Crippen LogP contribution in [0.4, 0.5) is 5.69 Å². The SMILES string of the molecule is Nc1cc2c([c]c1O)CCCC2. The van der Waals surface area contributed by atoms with Gasteiger partial charge in [-0.25, -0.2) is 0 Å². The molecular weight excluding hydrogens is 150 g/mol. The number of hydrogen-bond donors (Lipinski definition) is 2. The Hall–Kier alpha value is -1.18. The predicted octanol–water partition coefficient (Wildman–Crippen LogP) is 1.65. The number of phenolic OH excluding ortho intramolecular Hbond substituents is 1. The van der Waals surface area contributed by atoms with Crippen LogP contribution < -0.4 is 5.73 Å². The van der Waals surface area contributed by atoms with E-state index in [9.17, 15) is 5.11 Å². The van der Waals surface area contributed by atoms with E-state index in [0.717, 1.165) is 18.4 Å². The van der Waals surface area contributed by atoms with Gasteiger partial charge in [-0.2, -0.15) is 0 Å². The van der Waals surface area contributed by atoms with Crippen molar-refractivity contribution < 1.29 is 5.11 Å². The van der Waals surface area contributed by atoms with Gasteiger partial charge in [-0.05, 0) is 42.9 Å². The van der Waals surface area contributed by atoms with E-state index in [0.29, 0.717) is 5.69 Å². The Balaban J connectivity index is 2.49. The third kappa shape index (κ3) is 1.13. The monoisotopic (exact) mass is 162 g/mol. The molecule has 1 aromatic carbocycles. The summed E-state index contributed by atoms with van der Waals surface area (Å²) in [6.45, 7) is 0. The van der Waals surface area contributed by atoms with Crippen LogP contribution >= 0.6 is 0 Å². The first-order chi connectivity index (χ1) is 5.77. The molecule has 0 bridgehead atoms. The summed E-state index contributed by atoms with van der Waals surface area (Å²) < 4.78 is 0. The molecule has 2 nitrogen and oxygen atoms in total. The normalized spacial score (nSPS) is 15.7. The summed E-state index contributed by atoms with van der Waals surface area (Å²) in [5.74, 6) is 0.107. The summed E-state index contributed by atoms with van der Waals surface area (Å²) in [4.78, 5) is 0. The number of aromatic hydroxyl groups is 1. The molecule has 0 aromatic heterocycles. The largest absolute Gasteiger partial charge is 0.505 e. The molecule has 0 spiro atoms. The van der Waals surface area contributed by atoms with Crippen molar-refractivity contribution >= 4 is 5.69 Å². The van der Waals surface area contributed by atoms with E-state index < -0.39 is 0 Å². The van der Waals surface area contributed by atoms with Crippen LogP contribution in [0.5, 0.6) is 5.75 Å². The van der Waals surface area contributed by atoms with Gasteiger partial charge in [-0.1, -0.05) is 0 Å². The molecule has 1 radical (unpaired) electrons. The lowest BCUT2D eigenvalue weighted by Crippen LogP contribution is -2.03. The number of rotatable bonds is 0. The van der Waals surface area contributed by atoms with Crippen molar-refractivity contribution in [1.82, 2.24) is 0 Å². The van der Waals surface area contributed by atoms with E-state index in [2.05, 4.69) is 6.07 Å². The molecular formula is C10H12NO. The number of phenols is 1. The van der Waals surface area contributed by atoms with Crippen molar-refractivity contribution in [3.05, 3.63) is 23.3 Å². The molecule has 12 heavy (non-hydrogen) atoms. The summed E-state index contributed by atoms with van der Waals surface area (Å²) in [6.07, 6.45) is 4.54. The molecule has 63 valence electrons.